The van der Waals surface area contributed by atoms with Crippen molar-refractivity contribution in [1.29, 1.82) is 0 Å². The van der Waals surface area contributed by atoms with E-state index in [1.807, 2.05) is 55.5 Å². The number of oxazole rings is 1. The Labute approximate surface area is 150 Å². The Morgan fingerprint density at radius 3 is 2.65 bits per heavy atom. The number of aryl methyl sites for hydroxylation is 1. The molecule has 26 heavy (non-hydrogen) atoms. The third kappa shape index (κ3) is 3.19. The van der Waals surface area contributed by atoms with Gasteiger partial charge in [-0.25, -0.2) is 4.98 Å². The monoisotopic (exact) mass is 347 g/mol. The number of hydrogen-bond donors (Lipinski definition) is 0. The van der Waals surface area contributed by atoms with Crippen molar-refractivity contribution in [2.24, 2.45) is 0 Å². The van der Waals surface area contributed by atoms with Crippen LogP contribution in [0.5, 0.6) is 5.75 Å². The van der Waals surface area contributed by atoms with Crippen molar-refractivity contribution in [3.05, 3.63) is 66.1 Å². The fraction of sp³-hybridized carbons (Fsp3) is 0.158. The van der Waals surface area contributed by atoms with Crippen LogP contribution in [0.1, 0.15) is 11.3 Å². The predicted octanol–water partition coefficient (Wildman–Crippen LogP) is 3.36. The van der Waals surface area contributed by atoms with Crippen LogP contribution in [0.4, 0.5) is 0 Å². The van der Waals surface area contributed by atoms with Crippen LogP contribution in [0.2, 0.25) is 0 Å². The Morgan fingerprint density at radius 2 is 1.88 bits per heavy atom. The minimum Gasteiger partial charge on any atom is -0.497 e. The average molecular weight is 347 g/mol. The molecule has 2 aromatic carbocycles. The molecule has 7 heteroatoms. The van der Waals surface area contributed by atoms with Crippen molar-refractivity contribution in [3.8, 4) is 28.6 Å². The van der Waals surface area contributed by atoms with Crippen LogP contribution < -0.4 is 4.74 Å². The topological polar surface area (TPSA) is 78.9 Å². The van der Waals surface area contributed by atoms with Crippen LogP contribution in [0, 0.1) is 6.92 Å². The summed E-state index contributed by atoms with van der Waals surface area (Å²) in [6.07, 6.45) is 1.61. The lowest BCUT2D eigenvalue weighted by molar-refractivity contribution is 0.415. The van der Waals surface area contributed by atoms with Gasteiger partial charge in [0.25, 0.3) is 0 Å². The summed E-state index contributed by atoms with van der Waals surface area (Å²) in [6, 6.07) is 15.5. The van der Waals surface area contributed by atoms with E-state index < -0.39 is 0 Å². The van der Waals surface area contributed by atoms with Crippen LogP contribution in [0.25, 0.3) is 22.8 Å². The maximum absolute atomic E-state index is 5.57. The lowest BCUT2D eigenvalue weighted by Crippen LogP contribution is -2.04. The van der Waals surface area contributed by atoms with Crippen LogP contribution >= 0.6 is 0 Å². The van der Waals surface area contributed by atoms with Crippen LogP contribution in [-0.2, 0) is 6.54 Å². The minimum atomic E-state index is 0.387. The summed E-state index contributed by atoms with van der Waals surface area (Å²) in [4.78, 5) is 6.01. The molecule has 0 N–H and O–H groups in total. The zero-order valence-corrected chi connectivity index (χ0v) is 14.5. The van der Waals surface area contributed by atoms with Gasteiger partial charge in [0.1, 0.15) is 24.3 Å². The molecule has 0 fully saturated rings. The van der Waals surface area contributed by atoms with E-state index in [1.165, 1.54) is 4.80 Å². The van der Waals surface area contributed by atoms with Crippen molar-refractivity contribution in [1.82, 2.24) is 25.2 Å². The maximum atomic E-state index is 5.57. The molecule has 0 radical (unpaired) electrons. The zero-order valence-electron chi connectivity index (χ0n) is 14.5. The molecule has 2 heterocycles. The van der Waals surface area contributed by atoms with E-state index in [4.69, 9.17) is 9.15 Å². The molecule has 0 saturated heterocycles. The highest BCUT2D eigenvalue weighted by molar-refractivity contribution is 5.58. The third-order valence-corrected chi connectivity index (χ3v) is 4.03. The van der Waals surface area contributed by atoms with Crippen molar-refractivity contribution in [2.45, 2.75) is 13.5 Å². The molecule has 7 nitrogen and oxygen atoms in total. The first-order valence-corrected chi connectivity index (χ1v) is 8.15. The standard InChI is InChI=1S/C19H17N5O2/c1-13-5-3-4-6-17(13)18-21-23-24(22-18)11-15-12-26-19(20-15)14-7-9-16(25-2)10-8-14/h3-10,12H,11H2,1-2H3. The van der Waals surface area contributed by atoms with Gasteiger partial charge in [-0.15, -0.1) is 10.2 Å². The second-order valence-electron chi connectivity index (χ2n) is 5.83. The number of rotatable bonds is 5. The lowest BCUT2D eigenvalue weighted by Gasteiger charge is -1.99. The van der Waals surface area contributed by atoms with E-state index in [0.29, 0.717) is 18.3 Å². The average Bonchev–Trinajstić information content (AvgIpc) is 3.32. The molecular formula is C19H17N5O2. The Bertz CT molecular complexity index is 1020. The fourth-order valence-corrected chi connectivity index (χ4v) is 2.63. The van der Waals surface area contributed by atoms with E-state index in [9.17, 15) is 0 Å². The van der Waals surface area contributed by atoms with Gasteiger partial charge < -0.3 is 9.15 Å². The number of tetrazole rings is 1. The highest BCUT2D eigenvalue weighted by Gasteiger charge is 2.11. The molecule has 0 unspecified atom stereocenters. The number of benzene rings is 2. The molecule has 0 spiro atoms. The summed E-state index contributed by atoms with van der Waals surface area (Å²) in [5.41, 5.74) is 3.68. The SMILES string of the molecule is COc1ccc(-c2nc(Cn3nnc(-c4ccccc4C)n3)co2)cc1. The molecule has 0 atom stereocenters. The summed E-state index contributed by atoms with van der Waals surface area (Å²) in [7, 11) is 1.63. The van der Waals surface area contributed by atoms with Crippen LogP contribution in [0.3, 0.4) is 0 Å². The first kappa shape index (κ1) is 16.0. The predicted molar refractivity (Wildman–Crippen MR) is 95.6 cm³/mol. The highest BCUT2D eigenvalue weighted by Crippen LogP contribution is 2.22. The van der Waals surface area contributed by atoms with E-state index >= 15 is 0 Å². The van der Waals surface area contributed by atoms with Gasteiger partial charge in [-0.05, 0) is 42.0 Å². The summed E-state index contributed by atoms with van der Waals surface area (Å²) >= 11 is 0. The summed E-state index contributed by atoms with van der Waals surface area (Å²) in [6.45, 7) is 2.41. The Hall–Kier alpha value is -3.48. The lowest BCUT2D eigenvalue weighted by atomic mass is 10.1. The molecule has 0 aliphatic heterocycles. The summed E-state index contributed by atoms with van der Waals surface area (Å²) < 4.78 is 10.7. The smallest absolute Gasteiger partial charge is 0.226 e. The summed E-state index contributed by atoms with van der Waals surface area (Å²) in [5.74, 6) is 1.93. The normalized spacial score (nSPS) is 10.8. The Balaban J connectivity index is 1.52. The molecule has 130 valence electrons. The first-order valence-electron chi connectivity index (χ1n) is 8.15. The molecule has 0 aliphatic rings. The van der Waals surface area contributed by atoms with Crippen molar-refractivity contribution in [3.63, 3.8) is 0 Å². The van der Waals surface area contributed by atoms with Gasteiger partial charge >= 0.3 is 0 Å². The van der Waals surface area contributed by atoms with Gasteiger partial charge in [-0.3, -0.25) is 0 Å². The zero-order chi connectivity index (χ0) is 17.9. The molecule has 4 aromatic rings. The van der Waals surface area contributed by atoms with Crippen molar-refractivity contribution in [2.75, 3.05) is 7.11 Å². The van der Waals surface area contributed by atoms with Gasteiger partial charge in [0.15, 0.2) is 0 Å². The minimum absolute atomic E-state index is 0.387. The van der Waals surface area contributed by atoms with E-state index in [-0.39, 0.29) is 0 Å². The molecule has 0 saturated carbocycles. The molecule has 4 rings (SSSR count). The second-order valence-corrected chi connectivity index (χ2v) is 5.83. The van der Waals surface area contributed by atoms with Gasteiger partial charge in [0.05, 0.1) is 7.11 Å². The maximum Gasteiger partial charge on any atom is 0.226 e. The van der Waals surface area contributed by atoms with E-state index in [1.54, 1.807) is 13.4 Å². The van der Waals surface area contributed by atoms with Gasteiger partial charge in [-0.1, -0.05) is 24.3 Å². The largest absolute Gasteiger partial charge is 0.497 e. The number of aromatic nitrogens is 5. The summed E-state index contributed by atoms with van der Waals surface area (Å²) in [5, 5.41) is 12.7. The molecule has 0 bridgehead atoms. The highest BCUT2D eigenvalue weighted by atomic mass is 16.5. The van der Waals surface area contributed by atoms with Crippen molar-refractivity contribution >= 4 is 0 Å². The van der Waals surface area contributed by atoms with Crippen molar-refractivity contribution < 1.29 is 9.15 Å². The molecular weight excluding hydrogens is 330 g/mol. The second kappa shape index (κ2) is 6.79. The van der Waals surface area contributed by atoms with Crippen LogP contribution in [-0.4, -0.2) is 32.3 Å². The molecule has 2 aromatic heterocycles. The van der Waals surface area contributed by atoms with E-state index in [2.05, 4.69) is 20.4 Å². The number of methoxy groups -OCH3 is 1. The Kier molecular flexibility index (Phi) is 4.18. The third-order valence-electron chi connectivity index (χ3n) is 4.03. The van der Waals surface area contributed by atoms with E-state index in [0.717, 1.165) is 28.1 Å². The number of nitrogens with zero attached hydrogens (tertiary/aromatic N) is 5. The first-order chi connectivity index (χ1) is 12.7. The van der Waals surface area contributed by atoms with Gasteiger partial charge in [0.2, 0.25) is 11.7 Å². The molecule has 0 amide bonds. The number of ether oxygens (including phenoxy) is 1. The number of hydrogen-bond acceptors (Lipinski definition) is 6. The van der Waals surface area contributed by atoms with Gasteiger partial charge in [-0.2, -0.15) is 4.80 Å². The fourth-order valence-electron chi connectivity index (χ4n) is 2.63. The molecule has 0 aliphatic carbocycles. The quantitative estimate of drug-likeness (QED) is 0.551. The van der Waals surface area contributed by atoms with Gasteiger partial charge in [0, 0.05) is 11.1 Å². The van der Waals surface area contributed by atoms with Crippen LogP contribution in [0.15, 0.2) is 59.2 Å². The Morgan fingerprint density at radius 1 is 1.08 bits per heavy atom.